The third kappa shape index (κ3) is 3.41. The zero-order valence-electron chi connectivity index (χ0n) is 12.6. The molecule has 2 rings (SSSR count). The van der Waals surface area contributed by atoms with Gasteiger partial charge in [-0.1, -0.05) is 49.7 Å². The van der Waals surface area contributed by atoms with Crippen LogP contribution in [0.15, 0.2) is 24.3 Å². The highest BCUT2D eigenvalue weighted by molar-refractivity contribution is 6.31. The van der Waals surface area contributed by atoms with Crippen molar-refractivity contribution < 1.29 is 0 Å². The predicted molar refractivity (Wildman–Crippen MR) is 84.2 cm³/mol. The Balaban J connectivity index is 2.22. The Hall–Kier alpha value is -1.32. The molecule has 108 valence electrons. The second kappa shape index (κ2) is 6.42. The first-order valence-corrected chi connectivity index (χ1v) is 7.36. The first kappa shape index (κ1) is 15.1. The molecule has 0 atom stereocenters. The van der Waals surface area contributed by atoms with Crippen LogP contribution >= 0.6 is 11.6 Å². The van der Waals surface area contributed by atoms with Crippen molar-refractivity contribution >= 4 is 11.6 Å². The molecular weight excluding hydrogens is 270 g/mol. The van der Waals surface area contributed by atoms with E-state index in [1.807, 2.05) is 18.5 Å². The van der Waals surface area contributed by atoms with Gasteiger partial charge in [0.05, 0.1) is 23.0 Å². The summed E-state index contributed by atoms with van der Waals surface area (Å²) < 4.78 is 1.98. The standard InChI is InChI=1S/C16H22ClN3/c1-11(2)18-9-14-7-5-6-8-15(14)10-20-13(4)16(17)12(3)19-20/h5-8,11,18H,9-10H2,1-4H3. The predicted octanol–water partition coefficient (Wildman–Crippen LogP) is 3.70. The fourth-order valence-corrected chi connectivity index (χ4v) is 2.32. The van der Waals surface area contributed by atoms with Crippen LogP contribution in [-0.2, 0) is 13.1 Å². The van der Waals surface area contributed by atoms with E-state index >= 15 is 0 Å². The van der Waals surface area contributed by atoms with Crippen LogP contribution in [0.3, 0.4) is 0 Å². The highest BCUT2D eigenvalue weighted by Crippen LogP contribution is 2.20. The van der Waals surface area contributed by atoms with Gasteiger partial charge in [0, 0.05) is 12.6 Å². The number of benzene rings is 1. The molecule has 0 saturated heterocycles. The molecule has 0 fully saturated rings. The van der Waals surface area contributed by atoms with E-state index in [4.69, 9.17) is 11.6 Å². The van der Waals surface area contributed by atoms with E-state index in [0.29, 0.717) is 6.04 Å². The number of aryl methyl sites for hydroxylation is 1. The van der Waals surface area contributed by atoms with Gasteiger partial charge in [0.2, 0.25) is 0 Å². The second-order valence-electron chi connectivity index (χ2n) is 5.45. The van der Waals surface area contributed by atoms with Crippen molar-refractivity contribution in [2.24, 2.45) is 0 Å². The molecule has 1 N–H and O–H groups in total. The molecule has 0 spiro atoms. The van der Waals surface area contributed by atoms with Crippen molar-refractivity contribution in [1.82, 2.24) is 15.1 Å². The quantitative estimate of drug-likeness (QED) is 0.910. The van der Waals surface area contributed by atoms with Gasteiger partial charge in [0.1, 0.15) is 0 Å². The van der Waals surface area contributed by atoms with Gasteiger partial charge >= 0.3 is 0 Å². The van der Waals surface area contributed by atoms with Crippen LogP contribution in [0.5, 0.6) is 0 Å². The third-order valence-corrected chi connectivity index (χ3v) is 3.98. The van der Waals surface area contributed by atoms with Crippen molar-refractivity contribution in [3.63, 3.8) is 0 Å². The highest BCUT2D eigenvalue weighted by atomic mass is 35.5. The molecule has 3 nitrogen and oxygen atoms in total. The smallest absolute Gasteiger partial charge is 0.0844 e. The molecule has 20 heavy (non-hydrogen) atoms. The minimum absolute atomic E-state index is 0.478. The summed E-state index contributed by atoms with van der Waals surface area (Å²) in [6, 6.07) is 8.95. The normalized spacial score (nSPS) is 11.3. The minimum atomic E-state index is 0.478. The molecule has 2 aromatic rings. The maximum absolute atomic E-state index is 6.21. The molecule has 0 aliphatic rings. The van der Waals surface area contributed by atoms with Crippen LogP contribution in [0.4, 0.5) is 0 Å². The van der Waals surface area contributed by atoms with Crippen molar-refractivity contribution in [3.05, 3.63) is 51.8 Å². The van der Waals surface area contributed by atoms with E-state index in [1.54, 1.807) is 0 Å². The van der Waals surface area contributed by atoms with E-state index in [9.17, 15) is 0 Å². The zero-order valence-corrected chi connectivity index (χ0v) is 13.3. The molecule has 1 aromatic heterocycles. The van der Waals surface area contributed by atoms with Crippen LogP contribution < -0.4 is 5.32 Å². The van der Waals surface area contributed by atoms with E-state index < -0.39 is 0 Å². The number of rotatable bonds is 5. The van der Waals surface area contributed by atoms with Gasteiger partial charge in [-0.2, -0.15) is 5.10 Å². The lowest BCUT2D eigenvalue weighted by Gasteiger charge is -2.13. The summed E-state index contributed by atoms with van der Waals surface area (Å²) in [5.74, 6) is 0. The first-order chi connectivity index (χ1) is 9.49. The number of hydrogen-bond donors (Lipinski definition) is 1. The minimum Gasteiger partial charge on any atom is -0.310 e. The SMILES string of the molecule is Cc1nn(Cc2ccccc2CNC(C)C)c(C)c1Cl. The van der Waals surface area contributed by atoms with E-state index in [0.717, 1.165) is 29.5 Å². The molecule has 1 heterocycles. The van der Waals surface area contributed by atoms with Gasteiger partial charge in [-0.05, 0) is 25.0 Å². The van der Waals surface area contributed by atoms with Crippen LogP contribution in [0.1, 0.15) is 36.4 Å². The summed E-state index contributed by atoms with van der Waals surface area (Å²) in [5.41, 5.74) is 4.51. The number of hydrogen-bond acceptors (Lipinski definition) is 2. The fraction of sp³-hybridized carbons (Fsp3) is 0.438. The lowest BCUT2D eigenvalue weighted by molar-refractivity contribution is 0.580. The van der Waals surface area contributed by atoms with Crippen LogP contribution in [0.2, 0.25) is 5.02 Å². The Morgan fingerprint density at radius 3 is 2.40 bits per heavy atom. The average Bonchev–Trinajstić information content (AvgIpc) is 2.65. The largest absolute Gasteiger partial charge is 0.310 e. The summed E-state index contributed by atoms with van der Waals surface area (Å²) in [5, 5.41) is 8.74. The maximum Gasteiger partial charge on any atom is 0.0844 e. The summed E-state index contributed by atoms with van der Waals surface area (Å²) in [6.07, 6.45) is 0. The molecule has 0 amide bonds. The van der Waals surface area contributed by atoms with E-state index in [2.05, 4.69) is 48.5 Å². The zero-order chi connectivity index (χ0) is 14.7. The van der Waals surface area contributed by atoms with Gasteiger partial charge in [-0.15, -0.1) is 0 Å². The van der Waals surface area contributed by atoms with Crippen LogP contribution in [0.25, 0.3) is 0 Å². The second-order valence-corrected chi connectivity index (χ2v) is 5.82. The summed E-state index contributed by atoms with van der Waals surface area (Å²) in [7, 11) is 0. The lowest BCUT2D eigenvalue weighted by Crippen LogP contribution is -2.22. The van der Waals surface area contributed by atoms with Crippen molar-refractivity contribution in [2.45, 2.75) is 46.8 Å². The topological polar surface area (TPSA) is 29.9 Å². The number of halogens is 1. The number of nitrogens with one attached hydrogen (secondary N) is 1. The molecule has 4 heteroatoms. The van der Waals surface area contributed by atoms with Gasteiger partial charge in [0.15, 0.2) is 0 Å². The Labute approximate surface area is 126 Å². The molecule has 0 saturated carbocycles. The molecule has 0 bridgehead atoms. The summed E-state index contributed by atoms with van der Waals surface area (Å²) >= 11 is 6.21. The highest BCUT2D eigenvalue weighted by Gasteiger charge is 2.11. The average molecular weight is 292 g/mol. The third-order valence-electron chi connectivity index (χ3n) is 3.43. The first-order valence-electron chi connectivity index (χ1n) is 6.98. The maximum atomic E-state index is 6.21. The molecule has 0 unspecified atom stereocenters. The number of aromatic nitrogens is 2. The Morgan fingerprint density at radius 2 is 1.85 bits per heavy atom. The fourth-order valence-electron chi connectivity index (χ4n) is 2.19. The van der Waals surface area contributed by atoms with Crippen LogP contribution in [-0.4, -0.2) is 15.8 Å². The number of nitrogens with zero attached hydrogens (tertiary/aromatic N) is 2. The van der Waals surface area contributed by atoms with Gasteiger partial charge < -0.3 is 5.32 Å². The monoisotopic (exact) mass is 291 g/mol. The van der Waals surface area contributed by atoms with Crippen LogP contribution in [0, 0.1) is 13.8 Å². The molecule has 1 aromatic carbocycles. The molecule has 0 aliphatic heterocycles. The Morgan fingerprint density at radius 1 is 1.20 bits per heavy atom. The van der Waals surface area contributed by atoms with Crippen molar-refractivity contribution in [2.75, 3.05) is 0 Å². The summed E-state index contributed by atoms with van der Waals surface area (Å²) in [4.78, 5) is 0. The lowest BCUT2D eigenvalue weighted by atomic mass is 10.1. The molecular formula is C16H22ClN3. The summed E-state index contributed by atoms with van der Waals surface area (Å²) in [6.45, 7) is 9.90. The molecule has 0 radical (unpaired) electrons. The molecule has 0 aliphatic carbocycles. The van der Waals surface area contributed by atoms with Gasteiger partial charge in [-0.3, -0.25) is 4.68 Å². The van der Waals surface area contributed by atoms with Gasteiger partial charge in [-0.25, -0.2) is 0 Å². The van der Waals surface area contributed by atoms with Crippen molar-refractivity contribution in [1.29, 1.82) is 0 Å². The van der Waals surface area contributed by atoms with E-state index in [1.165, 1.54) is 11.1 Å². The Bertz CT molecular complexity index is 587. The van der Waals surface area contributed by atoms with E-state index in [-0.39, 0.29) is 0 Å². The Kier molecular flexibility index (Phi) is 4.84. The van der Waals surface area contributed by atoms with Gasteiger partial charge in [0.25, 0.3) is 0 Å². The van der Waals surface area contributed by atoms with Crippen molar-refractivity contribution in [3.8, 4) is 0 Å².